The standard InChI is InChI=1S/C18H21ClN2O3S/c1-13-7-8-17(14(2)11-13)21(25(3,23)24)10-9-18(22)20-16-6-4-5-15(19)12-16/h4-8,11-12H,9-10H2,1-3H3,(H,20,22). The van der Waals surface area contributed by atoms with Gasteiger partial charge in [-0.25, -0.2) is 8.42 Å². The first kappa shape index (κ1) is 19.3. The van der Waals surface area contributed by atoms with E-state index in [1.807, 2.05) is 26.0 Å². The first-order chi connectivity index (χ1) is 11.7. The minimum Gasteiger partial charge on any atom is -0.326 e. The topological polar surface area (TPSA) is 66.5 Å². The molecule has 0 aliphatic heterocycles. The molecule has 0 saturated carbocycles. The first-order valence-corrected chi connectivity index (χ1v) is 10.00. The molecule has 0 bridgehead atoms. The predicted octanol–water partition coefficient (Wildman–Crippen LogP) is 3.75. The average Bonchev–Trinajstić information content (AvgIpc) is 2.48. The quantitative estimate of drug-likeness (QED) is 0.829. The summed E-state index contributed by atoms with van der Waals surface area (Å²) in [5.41, 5.74) is 3.06. The van der Waals surface area contributed by atoms with Crippen LogP contribution in [0, 0.1) is 13.8 Å². The third-order valence-electron chi connectivity index (χ3n) is 3.67. The zero-order valence-corrected chi connectivity index (χ0v) is 16.0. The highest BCUT2D eigenvalue weighted by atomic mass is 35.5. The Hall–Kier alpha value is -2.05. The molecule has 2 aromatic rings. The molecule has 0 spiro atoms. The molecular weight excluding hydrogens is 360 g/mol. The molecule has 7 heteroatoms. The lowest BCUT2D eigenvalue weighted by molar-refractivity contribution is -0.116. The molecule has 0 fully saturated rings. The number of nitrogens with one attached hydrogen (secondary N) is 1. The fraction of sp³-hybridized carbons (Fsp3) is 0.278. The van der Waals surface area contributed by atoms with E-state index < -0.39 is 10.0 Å². The molecule has 0 atom stereocenters. The van der Waals surface area contributed by atoms with Crippen molar-refractivity contribution in [1.82, 2.24) is 0 Å². The van der Waals surface area contributed by atoms with Gasteiger partial charge < -0.3 is 5.32 Å². The van der Waals surface area contributed by atoms with E-state index >= 15 is 0 Å². The van der Waals surface area contributed by atoms with E-state index in [0.717, 1.165) is 17.4 Å². The van der Waals surface area contributed by atoms with Crippen molar-refractivity contribution in [2.45, 2.75) is 20.3 Å². The Kier molecular flexibility index (Phi) is 6.08. The summed E-state index contributed by atoms with van der Waals surface area (Å²) < 4.78 is 25.6. The van der Waals surface area contributed by atoms with E-state index in [2.05, 4.69) is 5.32 Å². The number of benzene rings is 2. The first-order valence-electron chi connectivity index (χ1n) is 7.77. The highest BCUT2D eigenvalue weighted by Crippen LogP contribution is 2.24. The van der Waals surface area contributed by atoms with Crippen LogP contribution in [0.2, 0.25) is 5.02 Å². The number of anilines is 2. The average molecular weight is 381 g/mol. The molecule has 1 amide bonds. The summed E-state index contributed by atoms with van der Waals surface area (Å²) in [4.78, 5) is 12.1. The number of hydrogen-bond donors (Lipinski definition) is 1. The van der Waals surface area contributed by atoms with Gasteiger partial charge in [-0.1, -0.05) is 35.4 Å². The molecule has 25 heavy (non-hydrogen) atoms. The monoisotopic (exact) mass is 380 g/mol. The van der Waals surface area contributed by atoms with Crippen LogP contribution in [0.4, 0.5) is 11.4 Å². The van der Waals surface area contributed by atoms with Crippen LogP contribution in [-0.4, -0.2) is 27.1 Å². The summed E-state index contributed by atoms with van der Waals surface area (Å²) in [7, 11) is -3.50. The molecule has 0 unspecified atom stereocenters. The number of rotatable bonds is 6. The molecular formula is C18H21ClN2O3S. The van der Waals surface area contributed by atoms with Gasteiger partial charge >= 0.3 is 0 Å². The Morgan fingerprint density at radius 3 is 2.48 bits per heavy atom. The molecule has 5 nitrogen and oxygen atoms in total. The van der Waals surface area contributed by atoms with Gasteiger partial charge in [0.2, 0.25) is 15.9 Å². The summed E-state index contributed by atoms with van der Waals surface area (Å²) in [6, 6.07) is 12.3. The predicted molar refractivity (Wildman–Crippen MR) is 103 cm³/mol. The molecule has 2 aromatic carbocycles. The second-order valence-corrected chi connectivity index (χ2v) is 8.28. The number of carbonyl (C=O) groups excluding carboxylic acids is 1. The second-order valence-electron chi connectivity index (χ2n) is 5.93. The van der Waals surface area contributed by atoms with E-state index in [0.29, 0.717) is 16.4 Å². The third-order valence-corrected chi connectivity index (χ3v) is 5.09. The molecule has 0 radical (unpaired) electrons. The van der Waals surface area contributed by atoms with Crippen molar-refractivity contribution in [3.63, 3.8) is 0 Å². The van der Waals surface area contributed by atoms with Crippen LogP contribution in [0.5, 0.6) is 0 Å². The number of halogens is 1. The maximum atomic E-state index is 12.2. The van der Waals surface area contributed by atoms with E-state index in [1.165, 1.54) is 4.31 Å². The van der Waals surface area contributed by atoms with Gasteiger partial charge in [-0.3, -0.25) is 9.10 Å². The normalized spacial score (nSPS) is 11.2. The van der Waals surface area contributed by atoms with Gasteiger partial charge in [0.1, 0.15) is 0 Å². The molecule has 0 aromatic heterocycles. The van der Waals surface area contributed by atoms with Crippen molar-refractivity contribution >= 4 is 38.9 Å². The summed E-state index contributed by atoms with van der Waals surface area (Å²) in [5.74, 6) is -0.277. The molecule has 0 heterocycles. The Balaban J connectivity index is 2.12. The van der Waals surface area contributed by atoms with Crippen molar-refractivity contribution in [3.05, 3.63) is 58.6 Å². The number of nitrogens with zero attached hydrogens (tertiary/aromatic N) is 1. The zero-order chi connectivity index (χ0) is 18.6. The van der Waals surface area contributed by atoms with Gasteiger partial charge in [0.05, 0.1) is 11.9 Å². The van der Waals surface area contributed by atoms with Gasteiger partial charge in [0, 0.05) is 23.7 Å². The molecule has 0 aliphatic carbocycles. The summed E-state index contributed by atoms with van der Waals surface area (Å²) in [6.07, 6.45) is 1.17. The van der Waals surface area contributed by atoms with Gasteiger partial charge in [0.15, 0.2) is 0 Å². The number of hydrogen-bond acceptors (Lipinski definition) is 3. The minimum absolute atomic E-state index is 0.0346. The van der Waals surface area contributed by atoms with Gasteiger partial charge in [-0.15, -0.1) is 0 Å². The number of aryl methyl sites for hydroxylation is 2. The number of carbonyl (C=O) groups is 1. The van der Waals surface area contributed by atoms with E-state index in [1.54, 1.807) is 30.3 Å². The zero-order valence-electron chi connectivity index (χ0n) is 14.4. The fourth-order valence-corrected chi connectivity index (χ4v) is 3.72. The van der Waals surface area contributed by atoms with E-state index in [9.17, 15) is 13.2 Å². The maximum absolute atomic E-state index is 12.2. The summed E-state index contributed by atoms with van der Waals surface area (Å²) >= 11 is 5.89. The lowest BCUT2D eigenvalue weighted by atomic mass is 10.1. The summed E-state index contributed by atoms with van der Waals surface area (Å²) in [6.45, 7) is 3.86. The molecule has 2 rings (SSSR count). The molecule has 0 aliphatic rings. The largest absolute Gasteiger partial charge is 0.326 e. The van der Waals surface area contributed by atoms with Crippen LogP contribution in [-0.2, 0) is 14.8 Å². The lowest BCUT2D eigenvalue weighted by Gasteiger charge is -2.24. The van der Waals surface area contributed by atoms with Crippen molar-refractivity contribution < 1.29 is 13.2 Å². The summed E-state index contributed by atoms with van der Waals surface area (Å²) in [5, 5.41) is 3.24. The van der Waals surface area contributed by atoms with Crippen molar-refractivity contribution in [3.8, 4) is 0 Å². The van der Waals surface area contributed by atoms with Gasteiger partial charge in [-0.05, 0) is 43.7 Å². The van der Waals surface area contributed by atoms with E-state index in [-0.39, 0.29) is 18.9 Å². The van der Waals surface area contributed by atoms with Crippen LogP contribution in [0.1, 0.15) is 17.5 Å². The number of amides is 1. The number of sulfonamides is 1. The highest BCUT2D eigenvalue weighted by molar-refractivity contribution is 7.92. The van der Waals surface area contributed by atoms with Crippen molar-refractivity contribution in [1.29, 1.82) is 0 Å². The van der Waals surface area contributed by atoms with Crippen molar-refractivity contribution in [2.75, 3.05) is 22.4 Å². The van der Waals surface area contributed by atoms with Crippen LogP contribution < -0.4 is 9.62 Å². The lowest BCUT2D eigenvalue weighted by Crippen LogP contribution is -2.33. The molecule has 0 saturated heterocycles. The van der Waals surface area contributed by atoms with E-state index in [4.69, 9.17) is 11.6 Å². The third kappa shape index (κ3) is 5.47. The maximum Gasteiger partial charge on any atom is 0.232 e. The van der Waals surface area contributed by atoms with Crippen LogP contribution in [0.3, 0.4) is 0 Å². The molecule has 1 N–H and O–H groups in total. The SMILES string of the molecule is Cc1ccc(N(CCC(=O)Nc2cccc(Cl)c2)S(C)(=O)=O)c(C)c1. The Labute approximate surface area is 153 Å². The minimum atomic E-state index is -3.50. The Morgan fingerprint density at radius 2 is 1.88 bits per heavy atom. The van der Waals surface area contributed by atoms with Gasteiger partial charge in [-0.2, -0.15) is 0 Å². The van der Waals surface area contributed by atoms with Crippen LogP contribution >= 0.6 is 11.6 Å². The molecule has 134 valence electrons. The Morgan fingerprint density at radius 1 is 1.16 bits per heavy atom. The second kappa shape index (κ2) is 7.89. The van der Waals surface area contributed by atoms with Crippen LogP contribution in [0.25, 0.3) is 0 Å². The van der Waals surface area contributed by atoms with Gasteiger partial charge in [0.25, 0.3) is 0 Å². The fourth-order valence-electron chi connectivity index (χ4n) is 2.54. The smallest absolute Gasteiger partial charge is 0.232 e. The van der Waals surface area contributed by atoms with Crippen molar-refractivity contribution in [2.24, 2.45) is 0 Å². The van der Waals surface area contributed by atoms with Crippen LogP contribution in [0.15, 0.2) is 42.5 Å². The highest BCUT2D eigenvalue weighted by Gasteiger charge is 2.20. The Bertz CT molecular complexity index is 882.